The number of rotatable bonds is 3. The SMILES string of the molecule is CC[C@@H]1Cc2[nH]ccc2[C@@H](C(C)C)N1C(C)C. The van der Waals surface area contributed by atoms with E-state index in [1.54, 1.807) is 0 Å². The first-order valence-corrected chi connectivity index (χ1v) is 6.99. The maximum absolute atomic E-state index is 3.44. The monoisotopic (exact) mass is 234 g/mol. The lowest BCUT2D eigenvalue weighted by Crippen LogP contribution is -2.48. The maximum Gasteiger partial charge on any atom is 0.0394 e. The Morgan fingerprint density at radius 2 is 2.06 bits per heavy atom. The predicted molar refractivity (Wildman–Crippen MR) is 73.1 cm³/mol. The van der Waals surface area contributed by atoms with Gasteiger partial charge in [0.1, 0.15) is 0 Å². The van der Waals surface area contributed by atoms with Gasteiger partial charge in [0.2, 0.25) is 0 Å². The van der Waals surface area contributed by atoms with Gasteiger partial charge >= 0.3 is 0 Å². The van der Waals surface area contributed by atoms with Crippen LogP contribution in [0.15, 0.2) is 12.3 Å². The van der Waals surface area contributed by atoms with Crippen molar-refractivity contribution in [2.75, 3.05) is 0 Å². The largest absolute Gasteiger partial charge is 0.365 e. The van der Waals surface area contributed by atoms with Crippen LogP contribution in [-0.4, -0.2) is 22.0 Å². The number of nitrogens with zero attached hydrogens (tertiary/aromatic N) is 1. The molecule has 0 radical (unpaired) electrons. The molecule has 1 aliphatic rings. The molecule has 0 fully saturated rings. The van der Waals surface area contributed by atoms with Crippen LogP contribution in [0.5, 0.6) is 0 Å². The molecule has 0 spiro atoms. The zero-order chi connectivity index (χ0) is 12.6. The summed E-state index contributed by atoms with van der Waals surface area (Å²) >= 11 is 0. The zero-order valence-corrected chi connectivity index (χ0v) is 11.8. The minimum Gasteiger partial charge on any atom is -0.365 e. The summed E-state index contributed by atoms with van der Waals surface area (Å²) in [4.78, 5) is 6.16. The first-order valence-electron chi connectivity index (χ1n) is 6.99. The van der Waals surface area contributed by atoms with Crippen molar-refractivity contribution in [3.8, 4) is 0 Å². The van der Waals surface area contributed by atoms with E-state index < -0.39 is 0 Å². The Labute approximate surface area is 105 Å². The van der Waals surface area contributed by atoms with Crippen LogP contribution in [0, 0.1) is 5.92 Å². The molecule has 0 unspecified atom stereocenters. The summed E-state index contributed by atoms with van der Waals surface area (Å²) in [5.74, 6) is 0.668. The van der Waals surface area contributed by atoms with E-state index in [4.69, 9.17) is 0 Å². The number of nitrogens with one attached hydrogen (secondary N) is 1. The maximum atomic E-state index is 3.44. The Hall–Kier alpha value is -0.760. The Kier molecular flexibility index (Phi) is 3.62. The lowest BCUT2D eigenvalue weighted by molar-refractivity contribution is 0.0510. The molecule has 17 heavy (non-hydrogen) atoms. The normalized spacial score (nSPS) is 25.6. The molecule has 1 aliphatic heterocycles. The number of aromatic nitrogens is 1. The molecule has 1 N–H and O–H groups in total. The van der Waals surface area contributed by atoms with E-state index in [0.717, 1.165) is 0 Å². The van der Waals surface area contributed by atoms with Gasteiger partial charge in [0.15, 0.2) is 0 Å². The van der Waals surface area contributed by atoms with Gasteiger partial charge in [-0.1, -0.05) is 20.8 Å². The Morgan fingerprint density at radius 3 is 2.59 bits per heavy atom. The van der Waals surface area contributed by atoms with Crippen LogP contribution in [-0.2, 0) is 6.42 Å². The molecule has 2 nitrogen and oxygen atoms in total. The molecule has 0 aliphatic carbocycles. The average molecular weight is 234 g/mol. The fourth-order valence-corrected chi connectivity index (χ4v) is 3.40. The van der Waals surface area contributed by atoms with E-state index in [1.165, 1.54) is 24.1 Å². The van der Waals surface area contributed by atoms with Crippen LogP contribution in [0.3, 0.4) is 0 Å². The fourth-order valence-electron chi connectivity index (χ4n) is 3.40. The number of hydrogen-bond donors (Lipinski definition) is 1. The van der Waals surface area contributed by atoms with Crippen LogP contribution >= 0.6 is 0 Å². The number of fused-ring (bicyclic) bond motifs is 1. The van der Waals surface area contributed by atoms with Crippen molar-refractivity contribution in [2.24, 2.45) is 5.92 Å². The van der Waals surface area contributed by atoms with E-state index in [2.05, 4.69) is 56.8 Å². The first kappa shape index (κ1) is 12.7. The van der Waals surface area contributed by atoms with E-state index >= 15 is 0 Å². The van der Waals surface area contributed by atoms with Crippen LogP contribution in [0.4, 0.5) is 0 Å². The molecule has 0 aromatic carbocycles. The Morgan fingerprint density at radius 1 is 1.35 bits per heavy atom. The molecule has 1 aromatic rings. The molecule has 2 heterocycles. The zero-order valence-electron chi connectivity index (χ0n) is 11.8. The van der Waals surface area contributed by atoms with Crippen molar-refractivity contribution < 1.29 is 0 Å². The van der Waals surface area contributed by atoms with Gasteiger partial charge in [-0.15, -0.1) is 0 Å². The second-order valence-electron chi connectivity index (χ2n) is 5.91. The van der Waals surface area contributed by atoms with Crippen LogP contribution in [0.2, 0.25) is 0 Å². The van der Waals surface area contributed by atoms with Gasteiger partial charge < -0.3 is 4.98 Å². The molecule has 2 atom stereocenters. The molecule has 0 saturated carbocycles. The van der Waals surface area contributed by atoms with Crippen molar-refractivity contribution in [1.29, 1.82) is 0 Å². The van der Waals surface area contributed by atoms with Crippen molar-refractivity contribution in [1.82, 2.24) is 9.88 Å². The highest BCUT2D eigenvalue weighted by molar-refractivity contribution is 5.29. The number of H-pyrrole nitrogens is 1. The number of aromatic amines is 1. The topological polar surface area (TPSA) is 19.0 Å². The van der Waals surface area contributed by atoms with E-state index in [-0.39, 0.29) is 0 Å². The van der Waals surface area contributed by atoms with Gasteiger partial charge in [-0.25, -0.2) is 0 Å². The highest BCUT2D eigenvalue weighted by Crippen LogP contribution is 2.39. The smallest absolute Gasteiger partial charge is 0.0394 e. The van der Waals surface area contributed by atoms with Gasteiger partial charge in [0.25, 0.3) is 0 Å². The molecule has 96 valence electrons. The van der Waals surface area contributed by atoms with Gasteiger partial charge in [0, 0.05) is 36.4 Å². The van der Waals surface area contributed by atoms with E-state index in [1.807, 2.05) is 0 Å². The third-order valence-corrected chi connectivity index (χ3v) is 4.07. The second kappa shape index (κ2) is 4.85. The van der Waals surface area contributed by atoms with Crippen LogP contribution in [0.1, 0.15) is 58.3 Å². The Balaban J connectivity index is 2.42. The van der Waals surface area contributed by atoms with Crippen LogP contribution in [0.25, 0.3) is 0 Å². The summed E-state index contributed by atoms with van der Waals surface area (Å²) in [6.45, 7) is 11.7. The first-order chi connectivity index (χ1) is 8.06. The summed E-state index contributed by atoms with van der Waals surface area (Å²) < 4.78 is 0. The highest BCUT2D eigenvalue weighted by Gasteiger charge is 2.36. The van der Waals surface area contributed by atoms with Crippen molar-refractivity contribution in [3.63, 3.8) is 0 Å². The van der Waals surface area contributed by atoms with E-state index in [0.29, 0.717) is 24.0 Å². The standard InChI is InChI=1S/C15H26N2/c1-6-12-9-14-13(7-8-16-14)15(10(2)3)17(12)11(4)5/h7-8,10-12,15-16H,6,9H2,1-5H3/t12-,15-/m1/s1. The fraction of sp³-hybridized carbons (Fsp3) is 0.733. The third-order valence-electron chi connectivity index (χ3n) is 4.07. The molecule has 0 saturated heterocycles. The Bertz CT molecular complexity index is 365. The summed E-state index contributed by atoms with van der Waals surface area (Å²) in [6, 6.07) is 4.17. The molecule has 0 bridgehead atoms. The summed E-state index contributed by atoms with van der Waals surface area (Å²) in [5.41, 5.74) is 2.99. The van der Waals surface area contributed by atoms with Crippen LogP contribution < -0.4 is 0 Å². The minimum absolute atomic E-state index is 0.579. The summed E-state index contributed by atoms with van der Waals surface area (Å²) in [5, 5.41) is 0. The second-order valence-corrected chi connectivity index (χ2v) is 5.91. The van der Waals surface area contributed by atoms with Crippen molar-refractivity contribution >= 4 is 0 Å². The van der Waals surface area contributed by atoms with Gasteiger partial charge in [-0.05, 0) is 37.8 Å². The quantitative estimate of drug-likeness (QED) is 0.843. The van der Waals surface area contributed by atoms with Gasteiger partial charge in [-0.2, -0.15) is 0 Å². The molecular formula is C15H26N2. The van der Waals surface area contributed by atoms with Crippen molar-refractivity contribution in [2.45, 2.75) is 65.6 Å². The van der Waals surface area contributed by atoms with E-state index in [9.17, 15) is 0 Å². The molecular weight excluding hydrogens is 208 g/mol. The average Bonchev–Trinajstić information content (AvgIpc) is 2.73. The molecule has 2 heteroatoms. The minimum atomic E-state index is 0.579. The molecule has 0 amide bonds. The highest BCUT2D eigenvalue weighted by atomic mass is 15.2. The van der Waals surface area contributed by atoms with Gasteiger partial charge in [0.05, 0.1) is 0 Å². The summed E-state index contributed by atoms with van der Waals surface area (Å²) in [7, 11) is 0. The third kappa shape index (κ3) is 2.15. The van der Waals surface area contributed by atoms with Crippen molar-refractivity contribution in [3.05, 3.63) is 23.5 Å². The lowest BCUT2D eigenvalue weighted by Gasteiger charge is -2.46. The lowest BCUT2D eigenvalue weighted by atomic mass is 9.85. The molecule has 1 aromatic heterocycles. The summed E-state index contributed by atoms with van der Waals surface area (Å²) in [6.07, 6.45) is 4.52. The molecule has 2 rings (SSSR count). The van der Waals surface area contributed by atoms with Gasteiger partial charge in [-0.3, -0.25) is 4.90 Å². The number of hydrogen-bond acceptors (Lipinski definition) is 1. The predicted octanol–water partition coefficient (Wildman–Crippen LogP) is 3.76.